The summed E-state index contributed by atoms with van der Waals surface area (Å²) in [4.78, 5) is 0.0453. The van der Waals surface area contributed by atoms with E-state index in [0.717, 1.165) is 22.3 Å². The molecule has 9 heteroatoms. The Morgan fingerprint density at radius 2 is 1.45 bits per heavy atom. The quantitative estimate of drug-likeness (QED) is 0.118. The monoisotopic (exact) mass is 684 g/mol. The minimum atomic E-state index is -4.04. The Bertz CT molecular complexity index is 1470. The number of rotatable bonds is 13. The number of aryl methyl sites for hydroxylation is 2. The Morgan fingerprint density at radius 3 is 2.05 bits per heavy atom. The van der Waals surface area contributed by atoms with Gasteiger partial charge in [-0.3, -0.25) is 0 Å². The van der Waals surface area contributed by atoms with Crippen molar-refractivity contribution in [2.75, 3.05) is 13.2 Å². The Morgan fingerprint density at radius 1 is 0.850 bits per heavy atom. The van der Waals surface area contributed by atoms with Crippen molar-refractivity contribution in [1.82, 2.24) is 8.36 Å². The number of halogens is 2. The van der Waals surface area contributed by atoms with Gasteiger partial charge in [0.15, 0.2) is 0 Å². The molecule has 0 radical (unpaired) electrons. The summed E-state index contributed by atoms with van der Waals surface area (Å²) in [5, 5.41) is 3.76. The van der Waals surface area contributed by atoms with E-state index in [-0.39, 0.29) is 9.92 Å². The van der Waals surface area contributed by atoms with Crippen LogP contribution in [0.4, 0.5) is 0 Å². The van der Waals surface area contributed by atoms with Crippen LogP contribution >= 0.6 is 21.3 Å². The van der Waals surface area contributed by atoms with E-state index in [4.69, 9.17) is 26.0 Å². The zero-order valence-electron chi connectivity index (χ0n) is 22.3. The van der Waals surface area contributed by atoms with Gasteiger partial charge in [0.1, 0.15) is 0 Å². The van der Waals surface area contributed by atoms with E-state index < -0.39 is 38.5 Å². The van der Waals surface area contributed by atoms with Crippen molar-refractivity contribution < 1.29 is 29.5 Å². The molecule has 0 fully saturated rings. The first-order chi connectivity index (χ1) is 19.3. The van der Waals surface area contributed by atoms with Crippen molar-refractivity contribution in [3.05, 3.63) is 136 Å². The molecule has 5 nitrogen and oxygen atoms in total. The second kappa shape index (κ2) is 14.7. The molecule has 0 aliphatic carbocycles. The molecule has 40 heavy (non-hydrogen) atoms. The van der Waals surface area contributed by atoms with Crippen LogP contribution in [0.5, 0.6) is 0 Å². The summed E-state index contributed by atoms with van der Waals surface area (Å²) in [5.41, 5.74) is 4.95. The van der Waals surface area contributed by atoms with Gasteiger partial charge in [-0.25, -0.2) is 0 Å². The van der Waals surface area contributed by atoms with Gasteiger partial charge in [0.2, 0.25) is 0 Å². The third-order valence-electron chi connectivity index (χ3n) is 6.48. The molecule has 0 unspecified atom stereocenters. The second-order valence-electron chi connectivity index (χ2n) is 9.47. The fraction of sp³-hybridized carbons (Fsp3) is 0.226. The first-order valence-corrected chi connectivity index (χ1v) is 17.7. The molecule has 4 aromatic carbocycles. The van der Waals surface area contributed by atoms with Gasteiger partial charge in [-0.2, -0.15) is 0 Å². The molecule has 212 valence electrons. The molecule has 0 saturated carbocycles. The zero-order valence-corrected chi connectivity index (χ0v) is 26.3. The van der Waals surface area contributed by atoms with Crippen LogP contribution in [-0.4, -0.2) is 24.6 Å². The molecule has 0 heterocycles. The van der Waals surface area contributed by atoms with Crippen molar-refractivity contribution >= 4 is 31.3 Å². The van der Waals surface area contributed by atoms with Crippen molar-refractivity contribution in [2.45, 2.75) is 37.4 Å². The van der Waals surface area contributed by atoms with Gasteiger partial charge in [-0.1, -0.05) is 0 Å². The fourth-order valence-corrected chi connectivity index (χ4v) is 9.56. The number of ether oxygens (including phenoxy) is 1. The zero-order chi connectivity index (χ0) is 28.5. The van der Waals surface area contributed by atoms with Gasteiger partial charge in [0.05, 0.1) is 0 Å². The van der Waals surface area contributed by atoms with Gasteiger partial charge in [-0.15, -0.1) is 0 Å². The number of nitrogens with zero attached hydrogens (tertiary/aromatic N) is 1. The van der Waals surface area contributed by atoms with Gasteiger partial charge in [-0.05, 0) is 6.92 Å². The first kappa shape index (κ1) is 30.9. The normalized spacial score (nSPS) is 13.4. The molecule has 0 spiro atoms. The predicted octanol–water partition coefficient (Wildman–Crippen LogP) is 7.39. The number of nitrogens with one attached hydrogen (secondary N) is 1. The maximum atomic E-state index is 14.1. The summed E-state index contributed by atoms with van der Waals surface area (Å²) in [5.74, 6) is 0. The Balaban J connectivity index is 1.66. The maximum absolute atomic E-state index is 14.1. The summed E-state index contributed by atoms with van der Waals surface area (Å²) in [7, 11) is 2.53. The Kier molecular flexibility index (Phi) is 11.3. The van der Waals surface area contributed by atoms with Crippen molar-refractivity contribution in [1.29, 1.82) is 0 Å². The van der Waals surface area contributed by atoms with Gasteiger partial charge in [0, 0.05) is 0 Å². The number of sulfonamides is 1. The van der Waals surface area contributed by atoms with Crippen molar-refractivity contribution in [3.63, 3.8) is 0 Å². The number of hydrogen-bond acceptors (Lipinski definition) is 4. The molecule has 0 aliphatic rings. The van der Waals surface area contributed by atoms with Crippen molar-refractivity contribution in [3.8, 4) is 0 Å². The summed E-state index contributed by atoms with van der Waals surface area (Å²) in [6.07, 6.45) is 0. The summed E-state index contributed by atoms with van der Waals surface area (Å²) in [6, 6.07) is 31.6. The van der Waals surface area contributed by atoms with Crippen LogP contribution in [0.25, 0.3) is 0 Å². The van der Waals surface area contributed by atoms with Gasteiger partial charge >= 0.3 is 249 Å². The molecule has 2 atom stereocenters. The molecule has 4 aromatic rings. The fourth-order valence-electron chi connectivity index (χ4n) is 4.43. The van der Waals surface area contributed by atoms with E-state index in [2.05, 4.69) is 36.5 Å². The van der Waals surface area contributed by atoms with Crippen molar-refractivity contribution in [2.24, 2.45) is 0 Å². The van der Waals surface area contributed by atoms with Crippen LogP contribution in [0.15, 0.2) is 108 Å². The van der Waals surface area contributed by atoms with E-state index in [9.17, 15) is 8.42 Å². The van der Waals surface area contributed by atoms with Crippen LogP contribution in [0.2, 0.25) is 5.02 Å². The number of benzene rings is 4. The van der Waals surface area contributed by atoms with Gasteiger partial charge < -0.3 is 0 Å². The molecule has 4 rings (SSSR count). The van der Waals surface area contributed by atoms with Crippen LogP contribution < -0.4 is 5.32 Å². The van der Waals surface area contributed by atoms with Crippen LogP contribution in [0, 0.1) is 13.8 Å². The third-order valence-corrected chi connectivity index (χ3v) is 12.1. The molecule has 1 N–H and O–H groups in total. The number of hydrogen-bond donors (Lipinski definition) is 1. The van der Waals surface area contributed by atoms with E-state index >= 15 is 0 Å². The summed E-state index contributed by atoms with van der Waals surface area (Å²) < 4.78 is 35.6. The molecular weight excluding hydrogens is 652 g/mol. The molecule has 0 aliphatic heterocycles. The van der Waals surface area contributed by atoms with E-state index in [1.807, 2.05) is 67.6 Å². The average Bonchev–Trinajstić information content (AvgIpc) is 2.95. The summed E-state index contributed by atoms with van der Waals surface area (Å²) in [6.45, 7) is 5.38. The predicted molar refractivity (Wildman–Crippen MR) is 158 cm³/mol. The molecule has 0 aromatic heterocycles. The average molecular weight is 685 g/mol. The van der Waals surface area contributed by atoms with E-state index in [1.54, 1.807) is 18.2 Å². The minimum absolute atomic E-state index is 0.0453. The topological polar surface area (TPSA) is 58.6 Å². The molecule has 0 bridgehead atoms. The Hall–Kier alpha value is -2.09. The van der Waals surface area contributed by atoms with E-state index in [1.165, 1.54) is 8.61 Å². The SMILES string of the molecule is Cc1ccc(COCCN[C@H](c2ccccc2)[C@@H](c2ccccc2)[N]([Ru][Cl])S(=O)(=O)c2ccc(C)cc2Cl)cc1. The van der Waals surface area contributed by atoms with Crippen LogP contribution in [-0.2, 0) is 37.7 Å². The second-order valence-corrected chi connectivity index (χ2v) is 14.0. The molecule has 0 saturated heterocycles. The first-order valence-electron chi connectivity index (χ1n) is 12.8. The van der Waals surface area contributed by atoms with Crippen LogP contribution in [0.3, 0.4) is 0 Å². The standard InChI is InChI=1S/C31H32ClN2O3S.ClH.Ru/c1-23-13-16-25(17-14-23)22-37-20-19-33-30(26-9-5-3-6-10-26)31(27-11-7-4-8-12-27)34-38(35,36)29-18-15-24(2)21-28(29)32;;/h3-18,21,30-31,33H,19-20,22H2,1-2H3;1H;/q-1;;+2/p-1/t30-,31-;;/m1../s1. The molecular formula is C31H32Cl2N2O3RuS. The Labute approximate surface area is 254 Å². The van der Waals surface area contributed by atoms with Crippen LogP contribution in [0.1, 0.15) is 39.9 Å². The summed E-state index contributed by atoms with van der Waals surface area (Å²) >= 11 is 5.23. The molecule has 0 amide bonds. The van der Waals surface area contributed by atoms with Gasteiger partial charge in [0.25, 0.3) is 0 Å². The van der Waals surface area contributed by atoms with E-state index in [0.29, 0.717) is 19.8 Å². The third kappa shape index (κ3) is 7.80.